The molecule has 1 saturated heterocycles. The van der Waals surface area contributed by atoms with Crippen molar-refractivity contribution in [3.8, 4) is 11.1 Å². The summed E-state index contributed by atoms with van der Waals surface area (Å²) in [6, 6.07) is 5.45. The number of amides is 1. The molecule has 2 aromatic carbocycles. The molecule has 2 atom stereocenters. The monoisotopic (exact) mass is 478 g/mol. The van der Waals surface area contributed by atoms with Crippen LogP contribution in [0.1, 0.15) is 19.4 Å². The molecule has 1 amide bonds. The molecule has 1 aliphatic rings. The molecule has 174 valence electrons. The van der Waals surface area contributed by atoms with E-state index < -0.39 is 5.82 Å². The first-order valence-electron chi connectivity index (χ1n) is 11.1. The number of carbonyl (C=O) groups is 1. The number of carbonyl (C=O) groups excluding carboxylic acids is 1. The first kappa shape index (κ1) is 22.3. The van der Waals surface area contributed by atoms with Gasteiger partial charge in [-0.25, -0.2) is 14.4 Å². The van der Waals surface area contributed by atoms with E-state index in [0.29, 0.717) is 29.9 Å². The fraction of sp³-hybridized carbons (Fsp3) is 0.280. The highest BCUT2D eigenvalue weighted by Crippen LogP contribution is 2.41. The minimum absolute atomic E-state index is 0.0699. The maximum atomic E-state index is 16.1. The summed E-state index contributed by atoms with van der Waals surface area (Å²) in [6.45, 7) is 10.6. The smallest absolute Gasteiger partial charge is 0.246 e. The molecule has 2 unspecified atom stereocenters. The molecule has 0 aliphatic carbocycles. The molecule has 3 heterocycles. The molecule has 0 spiro atoms. The van der Waals surface area contributed by atoms with Gasteiger partial charge in [0.25, 0.3) is 0 Å². The highest BCUT2D eigenvalue weighted by Gasteiger charge is 2.33. The van der Waals surface area contributed by atoms with Crippen LogP contribution in [0.15, 0.2) is 43.4 Å². The third kappa shape index (κ3) is 3.40. The van der Waals surface area contributed by atoms with E-state index >= 15 is 4.39 Å². The van der Waals surface area contributed by atoms with Gasteiger partial charge in [0.05, 0.1) is 16.7 Å². The quantitative estimate of drug-likeness (QED) is 0.424. The fourth-order valence-corrected chi connectivity index (χ4v) is 5.36. The van der Waals surface area contributed by atoms with Gasteiger partial charge < -0.3 is 9.80 Å². The van der Waals surface area contributed by atoms with Crippen LogP contribution in [0.4, 0.5) is 10.2 Å². The third-order valence-electron chi connectivity index (χ3n) is 6.52. The summed E-state index contributed by atoms with van der Waals surface area (Å²) >= 11 is 6.72. The number of nitrogens with one attached hydrogen (secondary N) is 1. The summed E-state index contributed by atoms with van der Waals surface area (Å²) in [7, 11) is 0. The van der Waals surface area contributed by atoms with Gasteiger partial charge in [0, 0.05) is 47.1 Å². The number of hydrogen-bond donors (Lipinski definition) is 1. The van der Waals surface area contributed by atoms with Crippen molar-refractivity contribution in [3.63, 3.8) is 0 Å². The molecule has 4 aromatic rings. The van der Waals surface area contributed by atoms with Crippen LogP contribution >= 0.6 is 11.6 Å². The molecule has 0 saturated carbocycles. The van der Waals surface area contributed by atoms with Gasteiger partial charge in [0.1, 0.15) is 17.7 Å². The average Bonchev–Trinajstić information content (AvgIpc) is 3.28. The second-order valence-corrected chi connectivity index (χ2v) is 9.19. The summed E-state index contributed by atoms with van der Waals surface area (Å²) in [5.41, 5.74) is 2.75. The van der Waals surface area contributed by atoms with Gasteiger partial charge in [-0.2, -0.15) is 5.10 Å². The van der Waals surface area contributed by atoms with Crippen LogP contribution in [0.2, 0.25) is 5.02 Å². The lowest BCUT2D eigenvalue weighted by Gasteiger charge is -2.44. The van der Waals surface area contributed by atoms with Crippen molar-refractivity contribution in [1.29, 1.82) is 0 Å². The molecule has 0 radical (unpaired) electrons. The van der Waals surface area contributed by atoms with Crippen molar-refractivity contribution < 1.29 is 9.18 Å². The number of aromatic nitrogens is 4. The van der Waals surface area contributed by atoms with Crippen molar-refractivity contribution in [2.24, 2.45) is 0 Å². The van der Waals surface area contributed by atoms with E-state index in [0.717, 1.165) is 16.5 Å². The summed E-state index contributed by atoms with van der Waals surface area (Å²) in [5.74, 6) is -0.00887. The van der Waals surface area contributed by atoms with E-state index in [1.165, 1.54) is 12.4 Å². The Balaban J connectivity index is 1.64. The Morgan fingerprint density at radius 1 is 1.24 bits per heavy atom. The normalized spacial score (nSPS) is 18.6. The summed E-state index contributed by atoms with van der Waals surface area (Å²) in [5, 5.41) is 8.75. The van der Waals surface area contributed by atoms with Crippen LogP contribution in [-0.2, 0) is 4.79 Å². The highest BCUT2D eigenvalue weighted by molar-refractivity contribution is 6.35. The van der Waals surface area contributed by atoms with Crippen LogP contribution in [0.3, 0.4) is 0 Å². The molecule has 1 aliphatic heterocycles. The first-order chi connectivity index (χ1) is 16.3. The number of H-pyrrole nitrogens is 1. The molecular formula is C25H24ClFN6O. The van der Waals surface area contributed by atoms with Crippen molar-refractivity contribution in [2.45, 2.75) is 32.9 Å². The van der Waals surface area contributed by atoms with Crippen LogP contribution in [0.25, 0.3) is 32.9 Å². The van der Waals surface area contributed by atoms with Crippen molar-refractivity contribution in [2.75, 3.05) is 18.0 Å². The topological polar surface area (TPSA) is 78.0 Å². The SMILES string of the molecule is C=CC(=O)N1C(C)CN(c2ncnc3c(F)c(-c4c(C)ccc5cn[nH]c45)c(Cl)cc23)CC1C. The molecule has 34 heavy (non-hydrogen) atoms. The minimum atomic E-state index is -0.502. The van der Waals surface area contributed by atoms with Gasteiger partial charge in [0.2, 0.25) is 5.91 Å². The lowest BCUT2D eigenvalue weighted by molar-refractivity contribution is -0.130. The maximum absolute atomic E-state index is 16.1. The van der Waals surface area contributed by atoms with Gasteiger partial charge in [-0.05, 0) is 38.5 Å². The predicted octanol–water partition coefficient (Wildman–Crippen LogP) is 4.89. The molecule has 1 N–H and O–H groups in total. The van der Waals surface area contributed by atoms with Gasteiger partial charge >= 0.3 is 0 Å². The second-order valence-electron chi connectivity index (χ2n) is 8.79. The number of hydrogen-bond acceptors (Lipinski definition) is 5. The molecule has 1 fully saturated rings. The van der Waals surface area contributed by atoms with Crippen LogP contribution < -0.4 is 4.90 Å². The zero-order chi connectivity index (χ0) is 24.1. The van der Waals surface area contributed by atoms with E-state index in [2.05, 4.69) is 31.6 Å². The van der Waals surface area contributed by atoms with Crippen LogP contribution in [0, 0.1) is 12.7 Å². The second kappa shape index (κ2) is 8.36. The minimum Gasteiger partial charge on any atom is -0.352 e. The molecular weight excluding hydrogens is 455 g/mol. The summed E-state index contributed by atoms with van der Waals surface area (Å²) < 4.78 is 16.1. The van der Waals surface area contributed by atoms with E-state index in [9.17, 15) is 4.79 Å². The highest BCUT2D eigenvalue weighted by atomic mass is 35.5. The molecule has 9 heteroatoms. The Hall–Kier alpha value is -3.52. The van der Waals surface area contributed by atoms with E-state index in [4.69, 9.17) is 11.6 Å². The molecule has 2 aromatic heterocycles. The zero-order valence-electron chi connectivity index (χ0n) is 19.1. The van der Waals surface area contributed by atoms with E-state index in [-0.39, 0.29) is 34.1 Å². The number of piperazine rings is 1. The van der Waals surface area contributed by atoms with E-state index in [1.807, 2.05) is 37.8 Å². The number of aryl methyl sites for hydroxylation is 1. The lowest BCUT2D eigenvalue weighted by atomic mass is 9.96. The number of aromatic amines is 1. The lowest BCUT2D eigenvalue weighted by Crippen LogP contribution is -2.58. The number of fused-ring (bicyclic) bond motifs is 2. The summed E-state index contributed by atoms with van der Waals surface area (Å²) in [6.07, 6.45) is 4.41. The predicted molar refractivity (Wildman–Crippen MR) is 133 cm³/mol. The van der Waals surface area contributed by atoms with Gasteiger partial charge in [-0.3, -0.25) is 9.89 Å². The Kier molecular flexibility index (Phi) is 5.48. The van der Waals surface area contributed by atoms with Crippen molar-refractivity contribution >= 4 is 45.1 Å². The van der Waals surface area contributed by atoms with Crippen LogP contribution in [-0.4, -0.2) is 56.1 Å². The van der Waals surface area contributed by atoms with Crippen LogP contribution in [0.5, 0.6) is 0 Å². The number of anilines is 1. The largest absolute Gasteiger partial charge is 0.352 e. The maximum Gasteiger partial charge on any atom is 0.246 e. The number of nitrogens with zero attached hydrogens (tertiary/aromatic N) is 5. The van der Waals surface area contributed by atoms with Gasteiger partial charge in [-0.15, -0.1) is 0 Å². The van der Waals surface area contributed by atoms with Crippen molar-refractivity contribution in [3.05, 3.63) is 59.8 Å². The zero-order valence-corrected chi connectivity index (χ0v) is 19.9. The molecule has 5 rings (SSSR count). The fourth-order valence-electron chi connectivity index (χ4n) is 5.07. The molecule has 0 bridgehead atoms. The van der Waals surface area contributed by atoms with Gasteiger partial charge in [0.15, 0.2) is 5.82 Å². The Labute approximate surface area is 201 Å². The van der Waals surface area contributed by atoms with E-state index in [1.54, 1.807) is 12.3 Å². The number of halogens is 2. The van der Waals surface area contributed by atoms with Gasteiger partial charge in [-0.1, -0.05) is 30.3 Å². The third-order valence-corrected chi connectivity index (χ3v) is 6.82. The Morgan fingerprint density at radius 2 is 1.97 bits per heavy atom. The number of benzene rings is 2. The standard InChI is InChI=1S/C25H24ClFN6O/c1-5-19(34)33-14(3)10-32(11-15(33)4)25-17-8-18(26)21(22(27)24(17)28-12-29-25)20-13(2)6-7-16-9-30-31-23(16)20/h5-9,12,14-15H,1,10-11H2,2-4H3,(H,30,31). The van der Waals surface area contributed by atoms with Crippen molar-refractivity contribution in [1.82, 2.24) is 25.1 Å². The summed E-state index contributed by atoms with van der Waals surface area (Å²) in [4.78, 5) is 24.9. The molecule has 7 nitrogen and oxygen atoms in total. The Bertz CT molecular complexity index is 1440. The Morgan fingerprint density at radius 3 is 2.68 bits per heavy atom. The average molecular weight is 479 g/mol. The first-order valence-corrected chi connectivity index (χ1v) is 11.4. The number of rotatable bonds is 3.